The highest BCUT2D eigenvalue weighted by molar-refractivity contribution is 7.17. The molecule has 20 heavy (non-hydrogen) atoms. The number of carbonyl (C=O) groups is 1. The van der Waals surface area contributed by atoms with Crippen LogP contribution in [0.4, 0.5) is 5.13 Å². The standard InChI is InChI=1S/C15H20N2OS2/c1-4-6-13-14(10-18)20-15(16-13)17(11(2)3)9-12-7-5-8-19-12/h5,7-8,10-11H,4,6,9H2,1-3H3. The molecular formula is C15H20N2OS2. The van der Waals surface area contributed by atoms with Crippen LogP contribution in [0.2, 0.25) is 0 Å². The molecule has 0 radical (unpaired) electrons. The van der Waals surface area contributed by atoms with Gasteiger partial charge in [0.15, 0.2) is 11.4 Å². The number of nitrogens with zero attached hydrogens (tertiary/aromatic N) is 2. The zero-order valence-corrected chi connectivity index (χ0v) is 13.8. The Hall–Kier alpha value is -1.20. The summed E-state index contributed by atoms with van der Waals surface area (Å²) in [5, 5.41) is 3.05. The molecule has 0 aliphatic heterocycles. The highest BCUT2D eigenvalue weighted by atomic mass is 32.1. The molecule has 0 unspecified atom stereocenters. The van der Waals surface area contributed by atoms with E-state index in [0.29, 0.717) is 6.04 Å². The van der Waals surface area contributed by atoms with Gasteiger partial charge in [0.25, 0.3) is 0 Å². The van der Waals surface area contributed by atoms with Crippen LogP contribution < -0.4 is 4.90 Å². The topological polar surface area (TPSA) is 33.2 Å². The van der Waals surface area contributed by atoms with Gasteiger partial charge in [-0.25, -0.2) is 4.98 Å². The van der Waals surface area contributed by atoms with Crippen molar-refractivity contribution in [3.05, 3.63) is 33.0 Å². The number of anilines is 1. The Morgan fingerprint density at radius 1 is 1.45 bits per heavy atom. The molecule has 0 amide bonds. The minimum absolute atomic E-state index is 0.359. The molecule has 3 nitrogen and oxygen atoms in total. The van der Waals surface area contributed by atoms with Crippen molar-refractivity contribution in [2.24, 2.45) is 0 Å². The van der Waals surface area contributed by atoms with Crippen LogP contribution in [-0.4, -0.2) is 17.3 Å². The number of aryl methyl sites for hydroxylation is 1. The monoisotopic (exact) mass is 308 g/mol. The van der Waals surface area contributed by atoms with Gasteiger partial charge in [0, 0.05) is 10.9 Å². The van der Waals surface area contributed by atoms with E-state index in [9.17, 15) is 4.79 Å². The summed E-state index contributed by atoms with van der Waals surface area (Å²) in [5.41, 5.74) is 0.944. The fourth-order valence-electron chi connectivity index (χ4n) is 2.02. The van der Waals surface area contributed by atoms with E-state index in [4.69, 9.17) is 4.98 Å². The van der Waals surface area contributed by atoms with Crippen molar-refractivity contribution in [1.29, 1.82) is 0 Å². The summed E-state index contributed by atoms with van der Waals surface area (Å²) in [6.45, 7) is 7.29. The molecule has 0 aliphatic carbocycles. The first kappa shape index (κ1) is 15.2. The van der Waals surface area contributed by atoms with Gasteiger partial charge in [-0.2, -0.15) is 0 Å². The van der Waals surface area contributed by atoms with E-state index in [1.807, 2.05) is 0 Å². The molecule has 2 heterocycles. The number of hydrogen-bond donors (Lipinski definition) is 0. The van der Waals surface area contributed by atoms with Crippen LogP contribution in [0.1, 0.15) is 47.4 Å². The van der Waals surface area contributed by atoms with Crippen LogP contribution in [0.15, 0.2) is 17.5 Å². The normalized spacial score (nSPS) is 11.0. The average molecular weight is 308 g/mol. The van der Waals surface area contributed by atoms with Crippen LogP contribution in [0, 0.1) is 0 Å². The summed E-state index contributed by atoms with van der Waals surface area (Å²) < 4.78 is 0. The summed E-state index contributed by atoms with van der Waals surface area (Å²) in [7, 11) is 0. The molecule has 0 aliphatic rings. The third kappa shape index (κ3) is 3.46. The Balaban J connectivity index is 2.27. The summed E-state index contributed by atoms with van der Waals surface area (Å²) >= 11 is 3.27. The van der Waals surface area contributed by atoms with Gasteiger partial charge in [-0.1, -0.05) is 30.7 Å². The highest BCUT2D eigenvalue weighted by Gasteiger charge is 2.18. The van der Waals surface area contributed by atoms with Crippen LogP contribution in [0.5, 0.6) is 0 Å². The predicted octanol–water partition coefficient (Wildman–Crippen LogP) is 4.38. The van der Waals surface area contributed by atoms with Crippen LogP contribution >= 0.6 is 22.7 Å². The second-order valence-corrected chi connectivity index (χ2v) is 7.02. The fraction of sp³-hybridized carbons (Fsp3) is 0.467. The SMILES string of the molecule is CCCc1nc(N(Cc2cccs2)C(C)C)sc1C=O. The van der Waals surface area contributed by atoms with Gasteiger partial charge in [0.2, 0.25) is 0 Å². The Bertz CT molecular complexity index is 546. The fourth-order valence-corrected chi connectivity index (χ4v) is 3.78. The zero-order chi connectivity index (χ0) is 14.5. The molecule has 2 aromatic rings. The number of aromatic nitrogens is 1. The quantitative estimate of drug-likeness (QED) is 0.711. The molecule has 0 atom stereocenters. The van der Waals surface area contributed by atoms with Crippen molar-refractivity contribution in [3.8, 4) is 0 Å². The van der Waals surface area contributed by atoms with Crippen molar-refractivity contribution < 1.29 is 4.79 Å². The van der Waals surface area contributed by atoms with E-state index >= 15 is 0 Å². The first-order valence-electron chi connectivity index (χ1n) is 6.89. The van der Waals surface area contributed by atoms with E-state index in [2.05, 4.69) is 43.2 Å². The Kier molecular flexibility index (Phi) is 5.31. The lowest BCUT2D eigenvalue weighted by Crippen LogP contribution is -2.29. The molecule has 0 saturated heterocycles. The largest absolute Gasteiger partial charge is 0.341 e. The lowest BCUT2D eigenvalue weighted by atomic mass is 10.2. The lowest BCUT2D eigenvalue weighted by Gasteiger charge is -2.25. The summed E-state index contributed by atoms with van der Waals surface area (Å²) in [6, 6.07) is 4.57. The second-order valence-electron chi connectivity index (χ2n) is 4.98. The van der Waals surface area contributed by atoms with E-state index < -0.39 is 0 Å². The smallest absolute Gasteiger partial charge is 0.186 e. The minimum Gasteiger partial charge on any atom is -0.341 e. The summed E-state index contributed by atoms with van der Waals surface area (Å²) in [5.74, 6) is 0. The number of thiazole rings is 1. The van der Waals surface area contributed by atoms with Gasteiger partial charge in [0.05, 0.1) is 17.1 Å². The molecule has 0 fully saturated rings. The molecule has 0 saturated carbocycles. The van der Waals surface area contributed by atoms with Gasteiger partial charge in [-0.15, -0.1) is 11.3 Å². The van der Waals surface area contributed by atoms with Crippen molar-refractivity contribution in [2.75, 3.05) is 4.90 Å². The lowest BCUT2D eigenvalue weighted by molar-refractivity contribution is 0.112. The second kappa shape index (κ2) is 6.99. The summed E-state index contributed by atoms with van der Waals surface area (Å²) in [6.07, 6.45) is 2.82. The molecule has 0 aromatic carbocycles. The maximum absolute atomic E-state index is 11.2. The van der Waals surface area contributed by atoms with Crippen LogP contribution in [0.25, 0.3) is 0 Å². The molecule has 0 bridgehead atoms. The molecular weight excluding hydrogens is 288 g/mol. The maximum Gasteiger partial charge on any atom is 0.186 e. The van der Waals surface area contributed by atoms with Gasteiger partial charge in [-0.05, 0) is 31.7 Å². The maximum atomic E-state index is 11.2. The number of hydrogen-bond acceptors (Lipinski definition) is 5. The predicted molar refractivity (Wildman–Crippen MR) is 87.1 cm³/mol. The average Bonchev–Trinajstić information content (AvgIpc) is 3.05. The van der Waals surface area contributed by atoms with Gasteiger partial charge >= 0.3 is 0 Å². The third-order valence-electron chi connectivity index (χ3n) is 3.09. The first-order valence-corrected chi connectivity index (χ1v) is 8.59. The molecule has 5 heteroatoms. The number of carbonyl (C=O) groups excluding carboxylic acids is 1. The zero-order valence-electron chi connectivity index (χ0n) is 12.1. The van der Waals surface area contributed by atoms with Gasteiger partial charge in [-0.3, -0.25) is 4.79 Å². The minimum atomic E-state index is 0.359. The van der Waals surface area contributed by atoms with Crippen molar-refractivity contribution in [1.82, 2.24) is 4.98 Å². The van der Waals surface area contributed by atoms with E-state index in [-0.39, 0.29) is 0 Å². The van der Waals surface area contributed by atoms with Crippen molar-refractivity contribution >= 4 is 34.1 Å². The number of thiophene rings is 1. The van der Waals surface area contributed by atoms with Crippen LogP contribution in [-0.2, 0) is 13.0 Å². The van der Waals surface area contributed by atoms with Crippen molar-refractivity contribution in [3.63, 3.8) is 0 Å². The van der Waals surface area contributed by atoms with Crippen LogP contribution in [0.3, 0.4) is 0 Å². The Labute approximate surface area is 128 Å². The van der Waals surface area contributed by atoms with E-state index in [1.165, 1.54) is 16.2 Å². The van der Waals surface area contributed by atoms with Crippen molar-refractivity contribution in [2.45, 2.75) is 46.2 Å². The highest BCUT2D eigenvalue weighted by Crippen LogP contribution is 2.29. The summed E-state index contributed by atoms with van der Waals surface area (Å²) in [4.78, 5) is 20.2. The third-order valence-corrected chi connectivity index (χ3v) is 5.01. The Morgan fingerprint density at radius 3 is 2.80 bits per heavy atom. The molecule has 0 spiro atoms. The van der Waals surface area contributed by atoms with Gasteiger partial charge < -0.3 is 4.90 Å². The van der Waals surface area contributed by atoms with E-state index in [1.54, 1.807) is 11.3 Å². The molecule has 2 rings (SSSR count). The first-order chi connectivity index (χ1) is 9.65. The van der Waals surface area contributed by atoms with Gasteiger partial charge in [0.1, 0.15) is 0 Å². The molecule has 0 N–H and O–H groups in total. The molecule has 2 aromatic heterocycles. The Morgan fingerprint density at radius 2 is 2.25 bits per heavy atom. The number of aldehydes is 1. The number of rotatable bonds is 7. The van der Waals surface area contributed by atoms with E-state index in [0.717, 1.165) is 41.4 Å². The molecule has 108 valence electrons.